The van der Waals surface area contributed by atoms with Crippen LogP contribution in [0.25, 0.3) is 0 Å². The molecule has 24 heavy (non-hydrogen) atoms. The zero-order valence-corrected chi connectivity index (χ0v) is 16.2. The predicted molar refractivity (Wildman–Crippen MR) is 105 cm³/mol. The van der Waals surface area contributed by atoms with Crippen molar-refractivity contribution < 1.29 is 4.79 Å². The van der Waals surface area contributed by atoms with Gasteiger partial charge in [0.25, 0.3) is 0 Å². The Morgan fingerprint density at radius 2 is 1.88 bits per heavy atom. The van der Waals surface area contributed by atoms with Gasteiger partial charge in [-0.05, 0) is 25.5 Å². The normalized spacial score (nSPS) is 11.8. The van der Waals surface area contributed by atoms with Crippen molar-refractivity contribution in [2.24, 2.45) is 10.9 Å². The van der Waals surface area contributed by atoms with Crippen LogP contribution in [0.3, 0.4) is 0 Å². The van der Waals surface area contributed by atoms with Gasteiger partial charge in [-0.1, -0.05) is 52.5 Å². The molecular weight excluding hydrogens is 298 g/mol. The third-order valence-corrected chi connectivity index (χ3v) is 3.72. The molecule has 0 saturated heterocycles. The summed E-state index contributed by atoms with van der Waals surface area (Å²) in [5.41, 5.74) is 1.64. The minimum Gasteiger partial charge on any atom is -0.372 e. The van der Waals surface area contributed by atoms with Gasteiger partial charge < -0.3 is 9.80 Å². The molecule has 0 atom stereocenters. The van der Waals surface area contributed by atoms with Crippen molar-refractivity contribution in [2.45, 2.75) is 47.0 Å². The third kappa shape index (κ3) is 8.70. The zero-order valence-electron chi connectivity index (χ0n) is 16.2. The first-order chi connectivity index (χ1) is 11.4. The third-order valence-electron chi connectivity index (χ3n) is 3.72. The maximum Gasteiger partial charge on any atom is 0.222 e. The molecule has 0 aliphatic rings. The van der Waals surface area contributed by atoms with Gasteiger partial charge in [0, 0.05) is 33.1 Å². The summed E-state index contributed by atoms with van der Waals surface area (Å²) < 4.78 is 0. The van der Waals surface area contributed by atoms with E-state index in [1.54, 1.807) is 0 Å². The SMILES string of the molecule is C=N/C(=C/C/C=C\CC)C(=C)N(C)CCN(CC(C)C)C(=O)CC. The van der Waals surface area contributed by atoms with Crippen LogP contribution in [-0.4, -0.2) is 49.1 Å². The largest absolute Gasteiger partial charge is 0.372 e. The number of carbonyl (C=O) groups excluding carboxylic acids is 1. The van der Waals surface area contributed by atoms with Crippen molar-refractivity contribution >= 4 is 12.6 Å². The molecule has 0 N–H and O–H groups in total. The first kappa shape index (κ1) is 22.2. The molecule has 1 amide bonds. The summed E-state index contributed by atoms with van der Waals surface area (Å²) in [7, 11) is 1.98. The molecule has 0 fully saturated rings. The van der Waals surface area contributed by atoms with Crippen LogP contribution in [0.5, 0.6) is 0 Å². The van der Waals surface area contributed by atoms with Crippen LogP contribution >= 0.6 is 0 Å². The summed E-state index contributed by atoms with van der Waals surface area (Å²) >= 11 is 0. The average molecular weight is 334 g/mol. The number of likely N-dealkylation sites (N-methyl/N-ethyl adjacent to an activating group) is 1. The van der Waals surface area contributed by atoms with E-state index in [-0.39, 0.29) is 5.91 Å². The summed E-state index contributed by atoms with van der Waals surface area (Å²) in [6.07, 6.45) is 8.67. The van der Waals surface area contributed by atoms with Crippen molar-refractivity contribution in [2.75, 3.05) is 26.7 Å². The van der Waals surface area contributed by atoms with Crippen molar-refractivity contribution in [3.05, 3.63) is 36.2 Å². The number of hydrogen-bond acceptors (Lipinski definition) is 3. The van der Waals surface area contributed by atoms with Crippen molar-refractivity contribution in [3.63, 3.8) is 0 Å². The van der Waals surface area contributed by atoms with E-state index < -0.39 is 0 Å². The lowest BCUT2D eigenvalue weighted by Crippen LogP contribution is -2.39. The van der Waals surface area contributed by atoms with Gasteiger partial charge in [0.2, 0.25) is 5.91 Å². The molecule has 0 unspecified atom stereocenters. The Morgan fingerprint density at radius 3 is 2.38 bits per heavy atom. The second kappa shape index (κ2) is 12.6. The Bertz CT molecular complexity index is 464. The zero-order chi connectivity index (χ0) is 18.5. The molecule has 4 heteroatoms. The van der Waals surface area contributed by atoms with Gasteiger partial charge in [-0.25, -0.2) is 0 Å². The highest BCUT2D eigenvalue weighted by molar-refractivity contribution is 5.75. The molecule has 0 aromatic heterocycles. The lowest BCUT2D eigenvalue weighted by Gasteiger charge is -2.28. The molecule has 0 aliphatic carbocycles. The molecule has 0 aliphatic heterocycles. The van der Waals surface area contributed by atoms with Crippen LogP contribution in [0.15, 0.2) is 41.2 Å². The van der Waals surface area contributed by atoms with E-state index in [4.69, 9.17) is 0 Å². The molecule has 0 radical (unpaired) electrons. The Hall–Kier alpha value is -1.84. The number of allylic oxidation sites excluding steroid dienone is 3. The Balaban J connectivity index is 4.72. The summed E-state index contributed by atoms with van der Waals surface area (Å²) in [5, 5.41) is 0. The maximum absolute atomic E-state index is 12.1. The standard InChI is InChI=1S/C20H35N3O/c1-8-10-11-12-13-19(21-6)18(5)22(7)14-15-23(16-17(3)4)20(24)9-2/h10-11,13,17H,5-6,8-9,12,14-16H2,1-4,7H3/b11-10-,19-13+. The summed E-state index contributed by atoms with van der Waals surface area (Å²) in [6.45, 7) is 18.3. The molecule has 4 nitrogen and oxygen atoms in total. The highest BCUT2D eigenvalue weighted by atomic mass is 16.2. The lowest BCUT2D eigenvalue weighted by molar-refractivity contribution is -0.131. The Kier molecular flexibility index (Phi) is 11.6. The van der Waals surface area contributed by atoms with E-state index in [1.165, 1.54) is 0 Å². The molecule has 136 valence electrons. The number of aliphatic imine (C=N–C) groups is 1. The fourth-order valence-electron chi connectivity index (χ4n) is 2.30. The quantitative estimate of drug-likeness (QED) is 0.304. The van der Waals surface area contributed by atoms with Gasteiger partial charge in [0.05, 0.1) is 11.4 Å². The summed E-state index contributed by atoms with van der Waals surface area (Å²) in [5.74, 6) is 0.662. The van der Waals surface area contributed by atoms with Crippen molar-refractivity contribution in [1.29, 1.82) is 0 Å². The Morgan fingerprint density at radius 1 is 1.21 bits per heavy atom. The number of hydrogen-bond donors (Lipinski definition) is 0. The molecular formula is C20H35N3O. The van der Waals surface area contributed by atoms with Gasteiger partial charge in [-0.3, -0.25) is 9.79 Å². The number of carbonyl (C=O) groups is 1. The first-order valence-corrected chi connectivity index (χ1v) is 8.87. The van der Waals surface area contributed by atoms with E-state index in [0.29, 0.717) is 18.9 Å². The minimum absolute atomic E-state index is 0.199. The van der Waals surface area contributed by atoms with Gasteiger partial charge in [0.1, 0.15) is 0 Å². The fraction of sp³-hybridized carbons (Fsp3) is 0.600. The predicted octanol–water partition coefficient (Wildman–Crippen LogP) is 4.27. The Labute approximate surface area is 148 Å². The van der Waals surface area contributed by atoms with Crippen LogP contribution in [0, 0.1) is 5.92 Å². The van der Waals surface area contributed by atoms with Crippen LogP contribution in [0.1, 0.15) is 47.0 Å². The summed E-state index contributed by atoms with van der Waals surface area (Å²) in [4.78, 5) is 20.1. The van der Waals surface area contributed by atoms with Crippen LogP contribution in [0.4, 0.5) is 0 Å². The van der Waals surface area contributed by atoms with Gasteiger partial charge in [-0.15, -0.1) is 0 Å². The lowest BCUT2D eigenvalue weighted by atomic mass is 10.2. The van der Waals surface area contributed by atoms with Crippen molar-refractivity contribution in [3.8, 4) is 0 Å². The smallest absolute Gasteiger partial charge is 0.222 e. The molecule has 0 aromatic rings. The van der Waals surface area contributed by atoms with E-state index in [9.17, 15) is 4.79 Å². The van der Waals surface area contributed by atoms with E-state index in [1.807, 2.05) is 29.8 Å². The average Bonchev–Trinajstić information content (AvgIpc) is 2.56. The molecule has 0 saturated carbocycles. The molecule has 0 bridgehead atoms. The van der Waals surface area contributed by atoms with Gasteiger partial charge in [0.15, 0.2) is 0 Å². The number of amides is 1. The van der Waals surface area contributed by atoms with Crippen LogP contribution in [-0.2, 0) is 4.79 Å². The maximum atomic E-state index is 12.1. The monoisotopic (exact) mass is 333 g/mol. The molecule has 0 aromatic carbocycles. The highest BCUT2D eigenvalue weighted by Gasteiger charge is 2.15. The number of rotatable bonds is 12. The van der Waals surface area contributed by atoms with Gasteiger partial charge >= 0.3 is 0 Å². The van der Waals surface area contributed by atoms with Crippen LogP contribution in [0.2, 0.25) is 0 Å². The van der Waals surface area contributed by atoms with E-state index >= 15 is 0 Å². The molecule has 0 spiro atoms. The summed E-state index contributed by atoms with van der Waals surface area (Å²) in [6, 6.07) is 0. The molecule has 0 rings (SSSR count). The fourth-order valence-corrected chi connectivity index (χ4v) is 2.30. The van der Waals surface area contributed by atoms with Gasteiger partial charge in [-0.2, -0.15) is 0 Å². The van der Waals surface area contributed by atoms with E-state index in [0.717, 1.165) is 37.3 Å². The number of nitrogens with zero attached hydrogens (tertiary/aromatic N) is 3. The minimum atomic E-state index is 0.199. The first-order valence-electron chi connectivity index (χ1n) is 8.87. The second-order valence-electron chi connectivity index (χ2n) is 6.32. The topological polar surface area (TPSA) is 35.9 Å². The van der Waals surface area contributed by atoms with E-state index in [2.05, 4.69) is 51.2 Å². The second-order valence-corrected chi connectivity index (χ2v) is 6.32. The van der Waals surface area contributed by atoms with Crippen molar-refractivity contribution in [1.82, 2.24) is 9.80 Å². The molecule has 0 heterocycles. The highest BCUT2D eigenvalue weighted by Crippen LogP contribution is 2.14. The van der Waals surface area contributed by atoms with Crippen LogP contribution < -0.4 is 0 Å².